The van der Waals surface area contributed by atoms with Crippen molar-refractivity contribution in [2.45, 2.75) is 0 Å². The molecule has 0 aliphatic heterocycles. The molecule has 20 heavy (non-hydrogen) atoms. The molecular weight excluding hydrogens is 314 g/mol. The maximum absolute atomic E-state index is 4.54. The first-order valence-corrected chi connectivity index (χ1v) is 7.09. The Bertz CT molecular complexity index is 927. The third kappa shape index (κ3) is 1.65. The molecule has 0 saturated carbocycles. The standard InChI is InChI=1S/C16H10BrN3/c17-13-5-3-4-12-11(13)8-9-18-16(12)20-10-19-14-6-1-2-7-15(14)20/h1-10H. The number of imidazole rings is 1. The fraction of sp³-hybridized carbons (Fsp3) is 0. The van der Waals surface area contributed by atoms with Crippen LogP contribution in [0.2, 0.25) is 0 Å². The van der Waals surface area contributed by atoms with Crippen LogP contribution < -0.4 is 0 Å². The average Bonchev–Trinajstić information content (AvgIpc) is 2.91. The van der Waals surface area contributed by atoms with Crippen LogP contribution in [0, 0.1) is 0 Å². The van der Waals surface area contributed by atoms with Crippen LogP contribution in [0.4, 0.5) is 0 Å². The van der Waals surface area contributed by atoms with Crippen molar-refractivity contribution < 1.29 is 0 Å². The Balaban J connectivity index is 2.10. The largest absolute Gasteiger partial charge is 0.282 e. The minimum Gasteiger partial charge on any atom is -0.282 e. The maximum Gasteiger partial charge on any atom is 0.146 e. The highest BCUT2D eigenvalue weighted by Crippen LogP contribution is 2.28. The van der Waals surface area contributed by atoms with E-state index in [9.17, 15) is 0 Å². The van der Waals surface area contributed by atoms with Crippen LogP contribution in [0.15, 0.2) is 65.5 Å². The molecule has 2 heterocycles. The van der Waals surface area contributed by atoms with Gasteiger partial charge in [-0.3, -0.25) is 4.57 Å². The van der Waals surface area contributed by atoms with Gasteiger partial charge in [0.25, 0.3) is 0 Å². The molecule has 0 radical (unpaired) electrons. The van der Waals surface area contributed by atoms with E-state index in [0.29, 0.717) is 0 Å². The minimum atomic E-state index is 0.900. The van der Waals surface area contributed by atoms with Gasteiger partial charge < -0.3 is 0 Å². The fourth-order valence-electron chi connectivity index (χ4n) is 2.47. The number of rotatable bonds is 1. The van der Waals surface area contributed by atoms with Crippen molar-refractivity contribution in [3.63, 3.8) is 0 Å². The van der Waals surface area contributed by atoms with Crippen molar-refractivity contribution in [1.29, 1.82) is 0 Å². The first kappa shape index (κ1) is 11.6. The van der Waals surface area contributed by atoms with Gasteiger partial charge in [-0.05, 0) is 24.3 Å². The van der Waals surface area contributed by atoms with Gasteiger partial charge in [-0.15, -0.1) is 0 Å². The van der Waals surface area contributed by atoms with E-state index in [2.05, 4.69) is 38.0 Å². The van der Waals surface area contributed by atoms with Gasteiger partial charge in [-0.25, -0.2) is 9.97 Å². The van der Waals surface area contributed by atoms with Gasteiger partial charge in [0.1, 0.15) is 12.1 Å². The van der Waals surface area contributed by atoms with E-state index < -0.39 is 0 Å². The molecule has 2 aromatic carbocycles. The van der Waals surface area contributed by atoms with Crippen molar-refractivity contribution in [1.82, 2.24) is 14.5 Å². The molecule has 4 aromatic rings. The third-order valence-electron chi connectivity index (χ3n) is 3.41. The lowest BCUT2D eigenvalue weighted by Crippen LogP contribution is -1.96. The third-order valence-corrected chi connectivity index (χ3v) is 4.11. The molecule has 0 aliphatic rings. The Hall–Kier alpha value is -2.20. The van der Waals surface area contributed by atoms with Crippen LogP contribution in [0.5, 0.6) is 0 Å². The molecule has 0 unspecified atom stereocenters. The molecule has 0 atom stereocenters. The molecular formula is C16H10BrN3. The summed E-state index contributed by atoms with van der Waals surface area (Å²) in [6.45, 7) is 0. The lowest BCUT2D eigenvalue weighted by atomic mass is 10.1. The summed E-state index contributed by atoms with van der Waals surface area (Å²) in [4.78, 5) is 8.98. The maximum atomic E-state index is 4.54. The Kier molecular flexibility index (Phi) is 2.57. The minimum absolute atomic E-state index is 0.900. The van der Waals surface area contributed by atoms with Crippen molar-refractivity contribution in [3.05, 3.63) is 65.5 Å². The average molecular weight is 324 g/mol. The smallest absolute Gasteiger partial charge is 0.146 e. The lowest BCUT2D eigenvalue weighted by Gasteiger charge is -2.08. The number of hydrogen-bond donors (Lipinski definition) is 0. The second kappa shape index (κ2) is 4.42. The topological polar surface area (TPSA) is 30.7 Å². The molecule has 0 aliphatic carbocycles. The van der Waals surface area contributed by atoms with Gasteiger partial charge in [-0.2, -0.15) is 0 Å². The number of para-hydroxylation sites is 2. The first-order valence-electron chi connectivity index (χ1n) is 6.30. The summed E-state index contributed by atoms with van der Waals surface area (Å²) in [6, 6.07) is 16.2. The number of halogens is 1. The summed E-state index contributed by atoms with van der Waals surface area (Å²) in [5.74, 6) is 0.900. The van der Waals surface area contributed by atoms with Crippen molar-refractivity contribution in [3.8, 4) is 5.82 Å². The molecule has 3 nitrogen and oxygen atoms in total. The summed E-state index contributed by atoms with van der Waals surface area (Å²) in [6.07, 6.45) is 3.66. The predicted molar refractivity (Wildman–Crippen MR) is 84.1 cm³/mol. The molecule has 4 heteroatoms. The first-order chi connectivity index (χ1) is 9.84. The van der Waals surface area contributed by atoms with E-state index >= 15 is 0 Å². The van der Waals surface area contributed by atoms with E-state index in [4.69, 9.17) is 0 Å². The van der Waals surface area contributed by atoms with E-state index in [1.807, 2.05) is 53.5 Å². The van der Waals surface area contributed by atoms with Gasteiger partial charge in [-0.1, -0.05) is 40.2 Å². The van der Waals surface area contributed by atoms with Gasteiger partial charge in [0.2, 0.25) is 0 Å². The zero-order chi connectivity index (χ0) is 13.5. The van der Waals surface area contributed by atoms with Crippen LogP contribution in [0.25, 0.3) is 27.6 Å². The van der Waals surface area contributed by atoms with Crippen molar-refractivity contribution >= 4 is 37.7 Å². The second-order valence-corrected chi connectivity index (χ2v) is 5.43. The summed E-state index contributed by atoms with van der Waals surface area (Å²) in [5.41, 5.74) is 2.04. The van der Waals surface area contributed by atoms with Gasteiger partial charge >= 0.3 is 0 Å². The number of pyridine rings is 1. The Labute approximate surface area is 124 Å². The SMILES string of the molecule is Brc1cccc2c(-n3cnc4ccccc43)nccc12. The van der Waals surface area contributed by atoms with Crippen molar-refractivity contribution in [2.75, 3.05) is 0 Å². The monoisotopic (exact) mass is 323 g/mol. The fourth-order valence-corrected chi connectivity index (χ4v) is 2.97. The number of hydrogen-bond acceptors (Lipinski definition) is 2. The lowest BCUT2D eigenvalue weighted by molar-refractivity contribution is 1.04. The quantitative estimate of drug-likeness (QED) is 0.521. The highest BCUT2D eigenvalue weighted by molar-refractivity contribution is 9.10. The summed E-state index contributed by atoms with van der Waals surface area (Å²) in [7, 11) is 0. The van der Waals surface area contributed by atoms with Gasteiger partial charge in [0, 0.05) is 21.4 Å². The Morgan fingerprint density at radius 1 is 0.850 bits per heavy atom. The summed E-state index contributed by atoms with van der Waals surface area (Å²) < 4.78 is 3.10. The zero-order valence-corrected chi connectivity index (χ0v) is 12.1. The molecule has 0 fully saturated rings. The molecule has 0 saturated heterocycles. The number of fused-ring (bicyclic) bond motifs is 2. The predicted octanol–water partition coefficient (Wildman–Crippen LogP) is 4.34. The number of benzene rings is 2. The van der Waals surface area contributed by atoms with Gasteiger partial charge in [0.05, 0.1) is 11.0 Å². The summed E-state index contributed by atoms with van der Waals surface area (Å²) in [5, 5.41) is 2.25. The van der Waals surface area contributed by atoms with Crippen LogP contribution in [-0.2, 0) is 0 Å². The van der Waals surface area contributed by atoms with E-state index in [1.54, 1.807) is 0 Å². The second-order valence-electron chi connectivity index (χ2n) is 4.57. The van der Waals surface area contributed by atoms with E-state index in [-0.39, 0.29) is 0 Å². The van der Waals surface area contributed by atoms with Crippen LogP contribution in [-0.4, -0.2) is 14.5 Å². The molecule has 0 N–H and O–H groups in total. The van der Waals surface area contributed by atoms with Crippen LogP contribution in [0.1, 0.15) is 0 Å². The normalized spacial score (nSPS) is 11.2. The highest BCUT2D eigenvalue weighted by atomic mass is 79.9. The summed E-state index contributed by atoms with van der Waals surface area (Å²) >= 11 is 3.59. The zero-order valence-electron chi connectivity index (χ0n) is 10.5. The highest BCUT2D eigenvalue weighted by Gasteiger charge is 2.09. The number of nitrogens with zero attached hydrogens (tertiary/aromatic N) is 3. The van der Waals surface area contributed by atoms with Crippen LogP contribution >= 0.6 is 15.9 Å². The Morgan fingerprint density at radius 3 is 2.70 bits per heavy atom. The number of aromatic nitrogens is 3. The molecule has 0 bridgehead atoms. The molecule has 96 valence electrons. The molecule has 4 rings (SSSR count). The molecule has 0 amide bonds. The van der Waals surface area contributed by atoms with E-state index in [1.165, 1.54) is 0 Å². The van der Waals surface area contributed by atoms with Crippen molar-refractivity contribution in [2.24, 2.45) is 0 Å². The van der Waals surface area contributed by atoms with E-state index in [0.717, 1.165) is 32.1 Å². The molecule has 0 spiro atoms. The Morgan fingerprint density at radius 2 is 1.75 bits per heavy atom. The van der Waals surface area contributed by atoms with Crippen LogP contribution in [0.3, 0.4) is 0 Å². The molecule has 2 aromatic heterocycles. The van der Waals surface area contributed by atoms with Gasteiger partial charge in [0.15, 0.2) is 0 Å².